The van der Waals surface area contributed by atoms with Crippen LogP contribution in [0.15, 0.2) is 24.3 Å². The zero-order valence-electron chi connectivity index (χ0n) is 9.48. The smallest absolute Gasteiger partial charge is 0.258 e. The van der Waals surface area contributed by atoms with E-state index in [9.17, 15) is 4.79 Å². The molecule has 0 unspecified atom stereocenters. The van der Waals surface area contributed by atoms with Crippen molar-refractivity contribution < 1.29 is 9.53 Å². The molecule has 0 aliphatic rings. The number of carbonyl (C=O) groups excluding carboxylic acids is 1. The molecule has 0 saturated heterocycles. The summed E-state index contributed by atoms with van der Waals surface area (Å²) in [6.07, 6.45) is 0. The Labute approximate surface area is 112 Å². The summed E-state index contributed by atoms with van der Waals surface area (Å²) < 4.78 is 5.26. The molecule has 17 heavy (non-hydrogen) atoms. The van der Waals surface area contributed by atoms with Crippen molar-refractivity contribution in [2.75, 3.05) is 13.2 Å². The average molecular weight is 279 g/mol. The van der Waals surface area contributed by atoms with E-state index in [4.69, 9.17) is 22.1 Å². The van der Waals surface area contributed by atoms with Crippen molar-refractivity contribution in [2.45, 2.75) is 13.0 Å². The fourth-order valence-corrected chi connectivity index (χ4v) is 1.18. The molecule has 4 nitrogen and oxygen atoms in total. The summed E-state index contributed by atoms with van der Waals surface area (Å²) in [6.45, 7) is 2.22. The number of nitrogens with two attached hydrogens (primary N) is 1. The van der Waals surface area contributed by atoms with Gasteiger partial charge in [0.15, 0.2) is 6.61 Å². The maximum atomic E-state index is 11.3. The molecule has 1 atom stereocenters. The van der Waals surface area contributed by atoms with Gasteiger partial charge in [-0.15, -0.1) is 12.4 Å². The number of halogens is 2. The molecule has 0 spiro atoms. The van der Waals surface area contributed by atoms with E-state index in [1.54, 1.807) is 24.3 Å². The largest absolute Gasteiger partial charge is 0.484 e. The molecule has 1 rings (SSSR count). The van der Waals surface area contributed by atoms with Crippen LogP contribution in [-0.4, -0.2) is 25.1 Å². The Morgan fingerprint density at radius 3 is 2.59 bits per heavy atom. The van der Waals surface area contributed by atoms with Crippen molar-refractivity contribution in [3.63, 3.8) is 0 Å². The second-order valence-electron chi connectivity index (χ2n) is 3.45. The van der Waals surface area contributed by atoms with Crippen LogP contribution in [0.4, 0.5) is 0 Å². The molecule has 0 fully saturated rings. The van der Waals surface area contributed by atoms with Crippen LogP contribution in [0.2, 0.25) is 5.02 Å². The summed E-state index contributed by atoms with van der Waals surface area (Å²) in [5, 5.41) is 3.33. The van der Waals surface area contributed by atoms with Crippen molar-refractivity contribution >= 4 is 29.9 Å². The summed E-state index contributed by atoms with van der Waals surface area (Å²) in [4.78, 5) is 11.3. The molecule has 0 bridgehead atoms. The van der Waals surface area contributed by atoms with Gasteiger partial charge in [-0.25, -0.2) is 0 Å². The van der Waals surface area contributed by atoms with Crippen molar-refractivity contribution in [1.29, 1.82) is 0 Å². The van der Waals surface area contributed by atoms with Gasteiger partial charge < -0.3 is 15.8 Å². The van der Waals surface area contributed by atoms with Crippen LogP contribution < -0.4 is 15.8 Å². The van der Waals surface area contributed by atoms with Crippen molar-refractivity contribution in [1.82, 2.24) is 5.32 Å². The second-order valence-corrected chi connectivity index (χ2v) is 3.88. The highest BCUT2D eigenvalue weighted by Gasteiger charge is 2.06. The van der Waals surface area contributed by atoms with Crippen LogP contribution in [0.5, 0.6) is 5.75 Å². The van der Waals surface area contributed by atoms with E-state index in [0.717, 1.165) is 0 Å². The molecule has 1 aromatic carbocycles. The first kappa shape index (κ1) is 16.0. The van der Waals surface area contributed by atoms with E-state index in [-0.39, 0.29) is 31.0 Å². The highest BCUT2D eigenvalue weighted by atomic mass is 35.5. The Bertz CT molecular complexity index is 344. The van der Waals surface area contributed by atoms with Gasteiger partial charge >= 0.3 is 0 Å². The number of benzene rings is 1. The number of hydrogen-bond donors (Lipinski definition) is 2. The SMILES string of the molecule is C[C@H](CN)NC(=O)COc1ccc(Cl)cc1.Cl. The van der Waals surface area contributed by atoms with E-state index in [1.807, 2.05) is 6.92 Å². The van der Waals surface area contributed by atoms with Crippen molar-refractivity contribution in [3.05, 3.63) is 29.3 Å². The maximum Gasteiger partial charge on any atom is 0.258 e. The molecule has 1 amide bonds. The zero-order chi connectivity index (χ0) is 12.0. The van der Waals surface area contributed by atoms with Crippen LogP contribution in [0, 0.1) is 0 Å². The number of amides is 1. The molecule has 0 aliphatic heterocycles. The molecular weight excluding hydrogens is 263 g/mol. The first-order chi connectivity index (χ1) is 7.61. The number of rotatable bonds is 5. The van der Waals surface area contributed by atoms with Crippen LogP contribution >= 0.6 is 24.0 Å². The van der Waals surface area contributed by atoms with E-state index >= 15 is 0 Å². The molecule has 0 aliphatic carbocycles. The summed E-state index contributed by atoms with van der Waals surface area (Å²) in [5.41, 5.74) is 5.37. The van der Waals surface area contributed by atoms with E-state index in [1.165, 1.54) is 0 Å². The van der Waals surface area contributed by atoms with E-state index in [2.05, 4.69) is 5.32 Å². The van der Waals surface area contributed by atoms with Gasteiger partial charge in [-0.3, -0.25) is 4.79 Å². The molecule has 0 heterocycles. The lowest BCUT2D eigenvalue weighted by atomic mass is 10.3. The fourth-order valence-electron chi connectivity index (χ4n) is 1.06. The average Bonchev–Trinajstić information content (AvgIpc) is 2.28. The Kier molecular flexibility index (Phi) is 7.70. The number of nitrogens with one attached hydrogen (secondary N) is 1. The summed E-state index contributed by atoms with van der Waals surface area (Å²) in [7, 11) is 0. The molecular formula is C11H16Cl2N2O2. The minimum absolute atomic E-state index is 0. The minimum atomic E-state index is -0.187. The quantitative estimate of drug-likeness (QED) is 0.860. The molecule has 0 saturated carbocycles. The molecule has 1 aromatic rings. The van der Waals surface area contributed by atoms with Crippen LogP contribution in [0.3, 0.4) is 0 Å². The number of carbonyl (C=O) groups is 1. The molecule has 3 N–H and O–H groups in total. The van der Waals surface area contributed by atoms with E-state index in [0.29, 0.717) is 17.3 Å². The summed E-state index contributed by atoms with van der Waals surface area (Å²) in [5.74, 6) is 0.424. The van der Waals surface area contributed by atoms with Crippen LogP contribution in [0.1, 0.15) is 6.92 Å². The lowest BCUT2D eigenvalue weighted by Crippen LogP contribution is -2.40. The third-order valence-electron chi connectivity index (χ3n) is 1.94. The Hall–Kier alpha value is -0.970. The van der Waals surface area contributed by atoms with Gasteiger partial charge in [-0.05, 0) is 31.2 Å². The van der Waals surface area contributed by atoms with E-state index < -0.39 is 0 Å². The lowest BCUT2D eigenvalue weighted by molar-refractivity contribution is -0.123. The first-order valence-corrected chi connectivity index (χ1v) is 5.37. The first-order valence-electron chi connectivity index (χ1n) is 4.99. The highest BCUT2D eigenvalue weighted by molar-refractivity contribution is 6.30. The van der Waals surface area contributed by atoms with Gasteiger partial charge in [0.25, 0.3) is 5.91 Å². The van der Waals surface area contributed by atoms with Crippen molar-refractivity contribution in [3.8, 4) is 5.75 Å². The fraction of sp³-hybridized carbons (Fsp3) is 0.364. The maximum absolute atomic E-state index is 11.3. The predicted molar refractivity (Wildman–Crippen MR) is 70.9 cm³/mol. The Morgan fingerprint density at radius 1 is 1.47 bits per heavy atom. The Balaban J connectivity index is 0.00000256. The van der Waals surface area contributed by atoms with Crippen LogP contribution in [-0.2, 0) is 4.79 Å². The van der Waals surface area contributed by atoms with Gasteiger partial charge in [-0.2, -0.15) is 0 Å². The molecule has 96 valence electrons. The van der Waals surface area contributed by atoms with Gasteiger partial charge in [0.2, 0.25) is 0 Å². The molecule has 6 heteroatoms. The van der Waals surface area contributed by atoms with Gasteiger partial charge in [0.1, 0.15) is 5.75 Å². The second kappa shape index (κ2) is 8.17. The predicted octanol–water partition coefficient (Wildman–Crippen LogP) is 1.60. The third-order valence-corrected chi connectivity index (χ3v) is 2.20. The highest BCUT2D eigenvalue weighted by Crippen LogP contribution is 2.15. The lowest BCUT2D eigenvalue weighted by Gasteiger charge is -2.11. The normalized spacial score (nSPS) is 11.2. The monoisotopic (exact) mass is 278 g/mol. The van der Waals surface area contributed by atoms with Crippen LogP contribution in [0.25, 0.3) is 0 Å². The third kappa shape index (κ3) is 6.36. The zero-order valence-corrected chi connectivity index (χ0v) is 11.1. The number of ether oxygens (including phenoxy) is 1. The minimum Gasteiger partial charge on any atom is -0.484 e. The van der Waals surface area contributed by atoms with Gasteiger partial charge in [0.05, 0.1) is 0 Å². The van der Waals surface area contributed by atoms with Gasteiger partial charge in [-0.1, -0.05) is 11.6 Å². The molecule has 0 aromatic heterocycles. The Morgan fingerprint density at radius 2 is 2.06 bits per heavy atom. The van der Waals surface area contributed by atoms with Gasteiger partial charge in [0, 0.05) is 17.6 Å². The topological polar surface area (TPSA) is 64.3 Å². The summed E-state index contributed by atoms with van der Waals surface area (Å²) >= 11 is 5.71. The number of hydrogen-bond acceptors (Lipinski definition) is 3. The van der Waals surface area contributed by atoms with Crippen molar-refractivity contribution in [2.24, 2.45) is 5.73 Å². The standard InChI is InChI=1S/C11H15ClN2O2.ClH/c1-8(6-13)14-11(15)7-16-10-4-2-9(12)3-5-10;/h2-5,8H,6-7,13H2,1H3,(H,14,15);1H/t8-;/m1./s1. The molecule has 0 radical (unpaired) electrons. The summed E-state index contributed by atoms with van der Waals surface area (Å²) in [6, 6.07) is 6.79.